The van der Waals surface area contributed by atoms with Crippen molar-refractivity contribution in [1.29, 1.82) is 0 Å². The quantitative estimate of drug-likeness (QED) is 0.849. The number of urea groups is 1. The lowest BCUT2D eigenvalue weighted by Gasteiger charge is -2.34. The highest BCUT2D eigenvalue weighted by Crippen LogP contribution is 2.38. The van der Waals surface area contributed by atoms with Crippen LogP contribution in [0.4, 0.5) is 18.0 Å². The number of hydrogen-bond donors (Lipinski definition) is 1. The maximum atomic E-state index is 13.2. The van der Waals surface area contributed by atoms with Crippen LogP contribution in [-0.2, 0) is 15.7 Å². The fraction of sp³-hybridized carbons (Fsp3) is 0.333. The molecule has 0 radical (unpaired) electrons. The highest BCUT2D eigenvalue weighted by atomic mass is 19.4. The predicted molar refractivity (Wildman–Crippen MR) is 75.2 cm³/mol. The maximum Gasteiger partial charge on any atom is 0.416 e. The van der Waals surface area contributed by atoms with Gasteiger partial charge in [-0.2, -0.15) is 13.2 Å². The van der Waals surface area contributed by atoms with E-state index in [1.54, 1.807) is 0 Å². The number of carbonyl (C=O) groups is 2. The first-order chi connectivity index (χ1) is 10.7. The minimum Gasteiger partial charge on any atom is -0.466 e. The summed E-state index contributed by atoms with van der Waals surface area (Å²) in [5, 5.41) is 2.42. The van der Waals surface area contributed by atoms with Crippen LogP contribution in [0.5, 0.6) is 0 Å². The Morgan fingerprint density at radius 3 is 2.48 bits per heavy atom. The molecule has 0 bridgehead atoms. The second-order valence-electron chi connectivity index (χ2n) is 5.02. The molecule has 1 N–H and O–H groups in total. The van der Waals surface area contributed by atoms with Gasteiger partial charge in [-0.25, -0.2) is 9.59 Å². The average Bonchev–Trinajstić information content (AvgIpc) is 2.50. The maximum absolute atomic E-state index is 13.2. The summed E-state index contributed by atoms with van der Waals surface area (Å²) in [6.07, 6.45) is -4.61. The normalized spacial score (nSPS) is 18.8. The van der Waals surface area contributed by atoms with Crippen molar-refractivity contribution in [2.45, 2.75) is 19.1 Å². The van der Waals surface area contributed by atoms with Gasteiger partial charge in [0.15, 0.2) is 0 Å². The first kappa shape index (κ1) is 16.9. The molecule has 1 heterocycles. The number of nitrogens with one attached hydrogen (secondary N) is 1. The third-order valence-corrected chi connectivity index (χ3v) is 3.74. The molecule has 0 aromatic heterocycles. The average molecular weight is 328 g/mol. The zero-order chi connectivity index (χ0) is 17.4. The number of carbonyl (C=O) groups excluding carboxylic acids is 2. The zero-order valence-corrected chi connectivity index (χ0v) is 12.7. The molecule has 23 heavy (non-hydrogen) atoms. The fourth-order valence-electron chi connectivity index (χ4n) is 2.45. The number of halogens is 3. The second kappa shape index (κ2) is 5.94. The molecule has 1 aromatic rings. The van der Waals surface area contributed by atoms with Crippen molar-refractivity contribution in [1.82, 2.24) is 10.2 Å². The molecule has 5 nitrogen and oxygen atoms in total. The largest absolute Gasteiger partial charge is 0.466 e. The van der Waals surface area contributed by atoms with Crippen LogP contribution >= 0.6 is 0 Å². The molecular weight excluding hydrogens is 313 g/mol. The summed E-state index contributed by atoms with van der Waals surface area (Å²) < 4.78 is 44.4. The number of alkyl halides is 3. The molecular formula is C15H15F3N2O3. The van der Waals surface area contributed by atoms with Gasteiger partial charge in [0.25, 0.3) is 0 Å². The molecule has 8 heteroatoms. The van der Waals surface area contributed by atoms with Crippen molar-refractivity contribution in [3.63, 3.8) is 0 Å². The van der Waals surface area contributed by atoms with Crippen LogP contribution in [0.3, 0.4) is 0 Å². The van der Waals surface area contributed by atoms with Crippen molar-refractivity contribution < 1.29 is 27.5 Å². The Morgan fingerprint density at radius 1 is 1.30 bits per heavy atom. The van der Waals surface area contributed by atoms with E-state index < -0.39 is 29.8 Å². The SMILES string of the molecule is COC(=O)C1=C(C)N(C)C(=O)N[C@H]1c1ccccc1C(F)(F)F. The van der Waals surface area contributed by atoms with E-state index in [9.17, 15) is 22.8 Å². The summed E-state index contributed by atoms with van der Waals surface area (Å²) in [5.41, 5.74) is -0.917. The predicted octanol–water partition coefficient (Wildman–Crippen LogP) is 2.85. The number of amides is 2. The van der Waals surface area contributed by atoms with Gasteiger partial charge in [-0.3, -0.25) is 0 Å². The van der Waals surface area contributed by atoms with Gasteiger partial charge in [0, 0.05) is 12.7 Å². The molecule has 0 fully saturated rings. The molecule has 1 atom stereocenters. The van der Waals surface area contributed by atoms with E-state index in [0.29, 0.717) is 0 Å². The lowest BCUT2D eigenvalue weighted by Crippen LogP contribution is -2.46. The first-order valence-electron chi connectivity index (χ1n) is 6.68. The summed E-state index contributed by atoms with van der Waals surface area (Å²) in [6.45, 7) is 1.48. The Morgan fingerprint density at radius 2 is 1.91 bits per heavy atom. The third-order valence-electron chi connectivity index (χ3n) is 3.74. The Hall–Kier alpha value is -2.51. The lowest BCUT2D eigenvalue weighted by atomic mass is 9.91. The minimum atomic E-state index is -4.61. The van der Waals surface area contributed by atoms with Gasteiger partial charge in [0.05, 0.1) is 24.3 Å². The van der Waals surface area contributed by atoms with Crippen LogP contribution in [0.2, 0.25) is 0 Å². The van der Waals surface area contributed by atoms with Crippen molar-refractivity contribution in [2.75, 3.05) is 14.2 Å². The molecule has 124 valence electrons. The smallest absolute Gasteiger partial charge is 0.416 e. The fourth-order valence-corrected chi connectivity index (χ4v) is 2.45. The molecule has 1 aromatic carbocycles. The van der Waals surface area contributed by atoms with E-state index >= 15 is 0 Å². The Balaban J connectivity index is 2.66. The number of benzene rings is 1. The summed E-state index contributed by atoms with van der Waals surface area (Å²) >= 11 is 0. The van der Waals surface area contributed by atoms with E-state index in [0.717, 1.165) is 18.1 Å². The van der Waals surface area contributed by atoms with Crippen molar-refractivity contribution in [3.05, 3.63) is 46.7 Å². The summed E-state index contributed by atoms with van der Waals surface area (Å²) in [4.78, 5) is 25.1. The molecule has 2 amide bonds. The molecule has 0 saturated carbocycles. The van der Waals surface area contributed by atoms with E-state index in [1.165, 1.54) is 32.2 Å². The van der Waals surface area contributed by atoms with Crippen LogP contribution < -0.4 is 5.32 Å². The molecule has 1 aliphatic heterocycles. The van der Waals surface area contributed by atoms with E-state index in [-0.39, 0.29) is 16.8 Å². The summed E-state index contributed by atoms with van der Waals surface area (Å²) in [6, 6.07) is 2.97. The van der Waals surface area contributed by atoms with E-state index in [1.807, 2.05) is 0 Å². The summed E-state index contributed by atoms with van der Waals surface area (Å²) in [5.74, 6) is -0.795. The van der Waals surface area contributed by atoms with Gasteiger partial charge < -0.3 is 15.0 Å². The van der Waals surface area contributed by atoms with E-state index in [4.69, 9.17) is 0 Å². The zero-order valence-electron chi connectivity index (χ0n) is 12.7. The number of hydrogen-bond acceptors (Lipinski definition) is 3. The number of nitrogens with zero attached hydrogens (tertiary/aromatic N) is 1. The standard InChI is InChI=1S/C15H15F3N2O3/c1-8-11(13(21)23-3)12(19-14(22)20(8)2)9-6-4-5-7-10(9)15(16,17)18/h4-7,12H,1-3H3,(H,19,22)/t12-/m0/s1. The van der Waals surface area contributed by atoms with E-state index in [2.05, 4.69) is 10.1 Å². The van der Waals surface area contributed by atoms with Gasteiger partial charge in [0.1, 0.15) is 0 Å². The van der Waals surface area contributed by atoms with Gasteiger partial charge in [-0.05, 0) is 18.6 Å². The van der Waals surface area contributed by atoms with Crippen LogP contribution in [0.25, 0.3) is 0 Å². The Labute approximate surface area is 130 Å². The molecule has 0 saturated heterocycles. The highest BCUT2D eigenvalue weighted by Gasteiger charge is 2.40. The van der Waals surface area contributed by atoms with Crippen LogP contribution in [0, 0.1) is 0 Å². The number of esters is 1. The third kappa shape index (κ3) is 3.01. The van der Waals surface area contributed by atoms with Gasteiger partial charge >= 0.3 is 18.2 Å². The molecule has 0 unspecified atom stereocenters. The number of ether oxygens (including phenoxy) is 1. The van der Waals surface area contributed by atoms with Crippen molar-refractivity contribution in [2.24, 2.45) is 0 Å². The van der Waals surface area contributed by atoms with Gasteiger partial charge in [-0.15, -0.1) is 0 Å². The molecule has 0 spiro atoms. The minimum absolute atomic E-state index is 0.0358. The van der Waals surface area contributed by atoms with Gasteiger partial charge in [0.2, 0.25) is 0 Å². The Kier molecular flexibility index (Phi) is 4.35. The monoisotopic (exact) mass is 328 g/mol. The molecule has 0 aliphatic carbocycles. The lowest BCUT2D eigenvalue weighted by molar-refractivity contribution is -0.140. The highest BCUT2D eigenvalue weighted by molar-refractivity contribution is 5.95. The molecule has 1 aliphatic rings. The number of methoxy groups -OCH3 is 1. The molecule has 2 rings (SSSR count). The summed E-state index contributed by atoms with van der Waals surface area (Å²) in [7, 11) is 2.55. The Bertz CT molecular complexity index is 683. The topological polar surface area (TPSA) is 58.6 Å². The van der Waals surface area contributed by atoms with Crippen molar-refractivity contribution >= 4 is 12.0 Å². The number of rotatable bonds is 2. The first-order valence-corrected chi connectivity index (χ1v) is 6.68. The second-order valence-corrected chi connectivity index (χ2v) is 5.02. The van der Waals surface area contributed by atoms with Crippen LogP contribution in [-0.4, -0.2) is 31.1 Å². The van der Waals surface area contributed by atoms with Crippen LogP contribution in [0.15, 0.2) is 35.5 Å². The number of allylic oxidation sites excluding steroid dienone is 1. The van der Waals surface area contributed by atoms with Crippen molar-refractivity contribution in [3.8, 4) is 0 Å². The van der Waals surface area contributed by atoms with Crippen LogP contribution in [0.1, 0.15) is 24.1 Å². The van der Waals surface area contributed by atoms with Gasteiger partial charge in [-0.1, -0.05) is 18.2 Å².